The van der Waals surface area contributed by atoms with Crippen LogP contribution in [-0.4, -0.2) is 46.3 Å². The third kappa shape index (κ3) is 3.12. The van der Waals surface area contributed by atoms with Gasteiger partial charge in [0, 0.05) is 5.56 Å². The summed E-state index contributed by atoms with van der Waals surface area (Å²) in [4.78, 5) is 49.1. The summed E-state index contributed by atoms with van der Waals surface area (Å²) < 4.78 is 0. The van der Waals surface area contributed by atoms with Gasteiger partial charge in [0.25, 0.3) is 17.7 Å². The number of fused-ring (bicyclic) bond motifs is 1. The summed E-state index contributed by atoms with van der Waals surface area (Å²) in [6.07, 6.45) is 0. The maximum atomic E-state index is 12.3. The molecule has 0 aliphatic carbocycles. The van der Waals surface area contributed by atoms with Crippen LogP contribution in [0.25, 0.3) is 0 Å². The first-order valence-electron chi connectivity index (χ1n) is 7.53. The van der Waals surface area contributed by atoms with Crippen molar-refractivity contribution in [3.63, 3.8) is 0 Å². The molecule has 0 bridgehead atoms. The average molecular weight is 338 g/mol. The van der Waals surface area contributed by atoms with Crippen molar-refractivity contribution in [2.75, 3.05) is 6.54 Å². The Balaban J connectivity index is 1.77. The van der Waals surface area contributed by atoms with E-state index >= 15 is 0 Å². The fourth-order valence-electron chi connectivity index (χ4n) is 2.60. The highest BCUT2D eigenvalue weighted by molar-refractivity contribution is 6.21. The van der Waals surface area contributed by atoms with Crippen LogP contribution in [0.5, 0.6) is 0 Å². The second-order valence-corrected chi connectivity index (χ2v) is 5.50. The summed E-state index contributed by atoms with van der Waals surface area (Å²) in [7, 11) is 0. The maximum absolute atomic E-state index is 12.3. The molecule has 7 heteroatoms. The molecule has 0 saturated carbocycles. The summed E-state index contributed by atoms with van der Waals surface area (Å²) in [5, 5.41) is 11.7. The van der Waals surface area contributed by atoms with Gasteiger partial charge >= 0.3 is 5.97 Å². The van der Waals surface area contributed by atoms with Crippen LogP contribution < -0.4 is 5.32 Å². The number of hydrogen-bond donors (Lipinski definition) is 2. The Kier molecular flexibility index (Phi) is 4.30. The molecule has 0 aromatic heterocycles. The molecular formula is C18H14N2O5. The van der Waals surface area contributed by atoms with Gasteiger partial charge in [-0.2, -0.15) is 0 Å². The minimum atomic E-state index is -1.41. The number of benzene rings is 2. The lowest BCUT2D eigenvalue weighted by molar-refractivity contribution is -0.139. The average Bonchev–Trinajstić information content (AvgIpc) is 2.87. The van der Waals surface area contributed by atoms with Gasteiger partial charge in [0.05, 0.1) is 17.7 Å². The Bertz CT molecular complexity index is 828. The van der Waals surface area contributed by atoms with Crippen LogP contribution in [0.1, 0.15) is 31.1 Å². The van der Waals surface area contributed by atoms with Crippen molar-refractivity contribution >= 4 is 23.7 Å². The zero-order valence-corrected chi connectivity index (χ0v) is 13.0. The van der Waals surface area contributed by atoms with Crippen molar-refractivity contribution in [2.24, 2.45) is 0 Å². The van der Waals surface area contributed by atoms with Crippen molar-refractivity contribution < 1.29 is 24.3 Å². The van der Waals surface area contributed by atoms with Gasteiger partial charge in [-0.05, 0) is 24.3 Å². The second kappa shape index (κ2) is 6.56. The smallest absolute Gasteiger partial charge is 0.328 e. The molecule has 1 aliphatic rings. The number of imide groups is 1. The number of nitrogens with one attached hydrogen (secondary N) is 1. The summed E-state index contributed by atoms with van der Waals surface area (Å²) in [6, 6.07) is 13.0. The molecule has 2 N–H and O–H groups in total. The summed E-state index contributed by atoms with van der Waals surface area (Å²) in [5.41, 5.74) is 0.744. The number of carbonyl (C=O) groups excluding carboxylic acids is 3. The minimum absolute atomic E-state index is 0.228. The van der Waals surface area contributed by atoms with Crippen molar-refractivity contribution in [3.05, 3.63) is 71.3 Å². The molecule has 1 heterocycles. The maximum Gasteiger partial charge on any atom is 0.328 e. The predicted molar refractivity (Wildman–Crippen MR) is 87.1 cm³/mol. The highest BCUT2D eigenvalue weighted by atomic mass is 16.4. The number of amides is 3. The molecule has 2 aromatic carbocycles. The molecule has 0 fully saturated rings. The monoisotopic (exact) mass is 338 g/mol. The van der Waals surface area contributed by atoms with Gasteiger partial charge in [0.1, 0.15) is 6.04 Å². The minimum Gasteiger partial charge on any atom is -0.480 e. The summed E-state index contributed by atoms with van der Waals surface area (Å²) in [6.45, 7) is -0.444. The lowest BCUT2D eigenvalue weighted by Gasteiger charge is -2.20. The van der Waals surface area contributed by atoms with E-state index in [9.17, 15) is 24.3 Å². The third-order valence-corrected chi connectivity index (χ3v) is 3.88. The van der Waals surface area contributed by atoms with Gasteiger partial charge < -0.3 is 10.4 Å². The highest BCUT2D eigenvalue weighted by Crippen LogP contribution is 2.22. The van der Waals surface area contributed by atoms with Gasteiger partial charge in [-0.3, -0.25) is 19.3 Å². The van der Waals surface area contributed by atoms with Crippen LogP contribution in [0, 0.1) is 0 Å². The van der Waals surface area contributed by atoms with Crippen molar-refractivity contribution in [1.29, 1.82) is 0 Å². The Morgan fingerprint density at radius 3 is 1.96 bits per heavy atom. The number of rotatable bonds is 5. The van der Waals surface area contributed by atoms with Gasteiger partial charge in [0.15, 0.2) is 0 Å². The van der Waals surface area contributed by atoms with Gasteiger partial charge in [0.2, 0.25) is 0 Å². The molecule has 1 unspecified atom stereocenters. The normalized spacial score (nSPS) is 14.2. The molecule has 0 saturated heterocycles. The molecule has 1 atom stereocenters. The lowest BCUT2D eigenvalue weighted by Crippen LogP contribution is -2.50. The summed E-state index contributed by atoms with van der Waals surface area (Å²) in [5.74, 6) is -3.06. The Morgan fingerprint density at radius 1 is 0.920 bits per heavy atom. The van der Waals surface area contributed by atoms with Crippen molar-refractivity contribution in [1.82, 2.24) is 10.2 Å². The molecular weight excluding hydrogens is 324 g/mol. The molecule has 3 amide bonds. The van der Waals surface area contributed by atoms with Crippen LogP contribution in [-0.2, 0) is 4.79 Å². The lowest BCUT2D eigenvalue weighted by atomic mass is 10.1. The van der Waals surface area contributed by atoms with Crippen LogP contribution in [0.3, 0.4) is 0 Å². The van der Waals surface area contributed by atoms with Gasteiger partial charge in [-0.25, -0.2) is 4.79 Å². The molecule has 2 aromatic rings. The molecule has 126 valence electrons. The summed E-state index contributed by atoms with van der Waals surface area (Å²) >= 11 is 0. The zero-order valence-electron chi connectivity index (χ0n) is 13.0. The number of aliphatic carboxylic acids is 1. The highest BCUT2D eigenvalue weighted by Gasteiger charge is 2.38. The van der Waals surface area contributed by atoms with E-state index in [0.29, 0.717) is 0 Å². The topological polar surface area (TPSA) is 104 Å². The number of nitrogens with zero attached hydrogens (tertiary/aromatic N) is 1. The number of hydrogen-bond acceptors (Lipinski definition) is 4. The van der Waals surface area contributed by atoms with Gasteiger partial charge in [-0.1, -0.05) is 30.3 Å². The van der Waals surface area contributed by atoms with E-state index in [2.05, 4.69) is 5.32 Å². The van der Waals surface area contributed by atoms with Crippen molar-refractivity contribution in [2.45, 2.75) is 6.04 Å². The Morgan fingerprint density at radius 2 is 1.44 bits per heavy atom. The Hall–Kier alpha value is -3.48. The molecule has 0 spiro atoms. The molecule has 7 nitrogen and oxygen atoms in total. The third-order valence-electron chi connectivity index (χ3n) is 3.88. The van der Waals surface area contributed by atoms with Gasteiger partial charge in [-0.15, -0.1) is 0 Å². The van der Waals surface area contributed by atoms with Crippen molar-refractivity contribution in [3.8, 4) is 0 Å². The first-order valence-corrected chi connectivity index (χ1v) is 7.53. The molecule has 25 heavy (non-hydrogen) atoms. The van der Waals surface area contributed by atoms with E-state index in [0.717, 1.165) is 4.90 Å². The SMILES string of the molecule is O=C(NC(CN1C(=O)c2ccccc2C1=O)C(=O)O)c1ccccc1. The Labute approximate surface area is 142 Å². The molecule has 0 radical (unpaired) electrons. The van der Waals surface area contributed by atoms with E-state index in [4.69, 9.17) is 0 Å². The van der Waals surface area contributed by atoms with Crippen LogP contribution in [0.15, 0.2) is 54.6 Å². The second-order valence-electron chi connectivity index (χ2n) is 5.50. The standard InChI is InChI=1S/C18H14N2O5/c21-15(11-6-2-1-3-7-11)19-14(18(24)25)10-20-16(22)12-8-4-5-9-13(12)17(20)23/h1-9,14H,10H2,(H,19,21)(H,24,25). The van der Waals surface area contributed by atoms with E-state index in [1.165, 1.54) is 24.3 Å². The quantitative estimate of drug-likeness (QED) is 0.797. The predicted octanol–water partition coefficient (Wildman–Crippen LogP) is 1.17. The molecule has 1 aliphatic heterocycles. The fourth-order valence-corrected chi connectivity index (χ4v) is 2.60. The van der Waals surface area contributed by atoms with E-state index in [1.807, 2.05) is 0 Å². The van der Waals surface area contributed by atoms with Crippen LogP contribution in [0.4, 0.5) is 0 Å². The zero-order chi connectivity index (χ0) is 18.0. The van der Waals surface area contributed by atoms with E-state index in [-0.39, 0.29) is 16.7 Å². The van der Waals surface area contributed by atoms with Crippen LogP contribution in [0.2, 0.25) is 0 Å². The van der Waals surface area contributed by atoms with E-state index in [1.54, 1.807) is 30.3 Å². The fraction of sp³-hybridized carbons (Fsp3) is 0.111. The number of carbonyl (C=O) groups is 4. The number of carboxylic acids is 1. The largest absolute Gasteiger partial charge is 0.480 e. The first-order chi connectivity index (χ1) is 12.0. The van der Waals surface area contributed by atoms with Crippen LogP contribution >= 0.6 is 0 Å². The van der Waals surface area contributed by atoms with E-state index < -0.39 is 36.3 Å². The first kappa shape index (κ1) is 16.4. The molecule has 3 rings (SSSR count). The number of carboxylic acid groups (broad SMARTS) is 1.